The predicted octanol–water partition coefficient (Wildman–Crippen LogP) is 2.95. The number of hydrogen-bond donors (Lipinski definition) is 2. The first-order valence-electron chi connectivity index (χ1n) is 8.46. The zero-order valence-corrected chi connectivity index (χ0v) is 17.7. The van der Waals surface area contributed by atoms with Gasteiger partial charge in [-0.05, 0) is 24.3 Å². The van der Waals surface area contributed by atoms with Gasteiger partial charge in [-0.1, -0.05) is 25.4 Å². The number of pyridine rings is 1. The first-order valence-corrected chi connectivity index (χ1v) is 10.3. The van der Waals surface area contributed by atoms with Crippen LogP contribution < -0.4 is 14.8 Å². The number of carbonyl (C=O) groups is 1. The van der Waals surface area contributed by atoms with E-state index >= 15 is 0 Å². The summed E-state index contributed by atoms with van der Waals surface area (Å²) in [6.07, 6.45) is 2.63. The summed E-state index contributed by atoms with van der Waals surface area (Å²) < 4.78 is 37.6. The number of methoxy groups -OCH3 is 2. The van der Waals surface area contributed by atoms with Gasteiger partial charge in [0, 0.05) is 24.9 Å². The highest BCUT2D eigenvalue weighted by atomic mass is 35.5. The summed E-state index contributed by atoms with van der Waals surface area (Å²) in [5.74, 6) is -0.251. The molecule has 0 unspecified atom stereocenters. The molecule has 1 amide bonds. The van der Waals surface area contributed by atoms with Crippen LogP contribution in [-0.2, 0) is 14.8 Å². The molecule has 0 saturated carbocycles. The van der Waals surface area contributed by atoms with Gasteiger partial charge in [0.05, 0.1) is 31.2 Å². The molecule has 1 heterocycles. The molecule has 2 rings (SSSR count). The molecule has 28 heavy (non-hydrogen) atoms. The van der Waals surface area contributed by atoms with Gasteiger partial charge >= 0.3 is 0 Å². The molecule has 2 aromatic rings. The van der Waals surface area contributed by atoms with Gasteiger partial charge in [0.1, 0.15) is 10.6 Å². The Morgan fingerprint density at radius 1 is 1.18 bits per heavy atom. The Kier molecular flexibility index (Phi) is 9.70. The fraction of sp³-hybridized carbons (Fsp3) is 0.333. The van der Waals surface area contributed by atoms with Crippen molar-refractivity contribution in [3.05, 3.63) is 47.2 Å². The Balaban J connectivity index is 0.00000190. The SMILES string of the molecule is CC.COCCNC(=O)c1cncc(NS(=O)(=O)c2cc(Cl)ccc2OC)c1. The third-order valence-electron chi connectivity index (χ3n) is 3.26. The van der Waals surface area contributed by atoms with E-state index in [2.05, 4.69) is 15.0 Å². The van der Waals surface area contributed by atoms with Crippen molar-refractivity contribution < 1.29 is 22.7 Å². The van der Waals surface area contributed by atoms with E-state index < -0.39 is 15.9 Å². The minimum atomic E-state index is -3.99. The van der Waals surface area contributed by atoms with Crippen molar-refractivity contribution in [1.29, 1.82) is 0 Å². The van der Waals surface area contributed by atoms with E-state index in [1.54, 1.807) is 0 Å². The van der Waals surface area contributed by atoms with Crippen molar-refractivity contribution in [2.75, 3.05) is 32.1 Å². The van der Waals surface area contributed by atoms with Gasteiger partial charge < -0.3 is 14.8 Å². The van der Waals surface area contributed by atoms with Crippen LogP contribution in [0.1, 0.15) is 24.2 Å². The lowest BCUT2D eigenvalue weighted by atomic mass is 10.2. The van der Waals surface area contributed by atoms with Crippen molar-refractivity contribution in [3.8, 4) is 5.75 Å². The Morgan fingerprint density at radius 2 is 1.89 bits per heavy atom. The number of sulfonamides is 1. The monoisotopic (exact) mass is 429 g/mol. The molecule has 0 aliphatic carbocycles. The minimum Gasteiger partial charge on any atom is -0.495 e. The van der Waals surface area contributed by atoms with Gasteiger partial charge in [-0.3, -0.25) is 14.5 Å². The molecule has 10 heteroatoms. The fourth-order valence-electron chi connectivity index (χ4n) is 2.06. The van der Waals surface area contributed by atoms with E-state index in [4.69, 9.17) is 21.1 Å². The number of benzene rings is 1. The predicted molar refractivity (Wildman–Crippen MR) is 109 cm³/mol. The highest BCUT2D eigenvalue weighted by molar-refractivity contribution is 7.92. The number of carbonyl (C=O) groups excluding carboxylic acids is 1. The second-order valence-electron chi connectivity index (χ2n) is 5.11. The van der Waals surface area contributed by atoms with E-state index in [1.165, 1.54) is 50.9 Å². The van der Waals surface area contributed by atoms with Gasteiger partial charge in [0.25, 0.3) is 15.9 Å². The maximum atomic E-state index is 12.6. The van der Waals surface area contributed by atoms with Gasteiger partial charge in [-0.25, -0.2) is 8.42 Å². The molecule has 1 aromatic heterocycles. The molecule has 0 radical (unpaired) electrons. The molecule has 0 aliphatic heterocycles. The molecule has 0 bridgehead atoms. The van der Waals surface area contributed by atoms with Crippen LogP contribution in [0.15, 0.2) is 41.6 Å². The van der Waals surface area contributed by atoms with Crippen LogP contribution in [-0.4, -0.2) is 46.7 Å². The van der Waals surface area contributed by atoms with E-state index in [1.807, 2.05) is 13.8 Å². The quantitative estimate of drug-likeness (QED) is 0.625. The third kappa shape index (κ3) is 6.66. The van der Waals surface area contributed by atoms with E-state index in [-0.39, 0.29) is 26.9 Å². The zero-order valence-electron chi connectivity index (χ0n) is 16.2. The average Bonchev–Trinajstić information content (AvgIpc) is 2.69. The Bertz CT molecular complexity index is 891. The summed E-state index contributed by atoms with van der Waals surface area (Å²) >= 11 is 5.89. The van der Waals surface area contributed by atoms with E-state index in [0.717, 1.165) is 0 Å². The van der Waals surface area contributed by atoms with Crippen LogP contribution >= 0.6 is 11.6 Å². The molecule has 0 fully saturated rings. The lowest BCUT2D eigenvalue weighted by Crippen LogP contribution is -2.27. The number of ether oxygens (including phenoxy) is 2. The number of halogens is 1. The lowest BCUT2D eigenvalue weighted by molar-refractivity contribution is 0.0936. The van der Waals surface area contributed by atoms with Crippen molar-refractivity contribution in [3.63, 3.8) is 0 Å². The first kappa shape index (κ1) is 23.7. The Morgan fingerprint density at radius 3 is 2.54 bits per heavy atom. The second-order valence-corrected chi connectivity index (χ2v) is 7.20. The smallest absolute Gasteiger partial charge is 0.265 e. The maximum absolute atomic E-state index is 12.6. The lowest BCUT2D eigenvalue weighted by Gasteiger charge is -2.12. The van der Waals surface area contributed by atoms with E-state index in [9.17, 15) is 13.2 Å². The van der Waals surface area contributed by atoms with Crippen LogP contribution in [0.5, 0.6) is 5.75 Å². The number of amides is 1. The fourth-order valence-corrected chi connectivity index (χ4v) is 3.53. The van der Waals surface area contributed by atoms with Gasteiger partial charge in [-0.2, -0.15) is 0 Å². The summed E-state index contributed by atoms with van der Waals surface area (Å²) in [7, 11) is -1.12. The Hall–Kier alpha value is -2.36. The average molecular weight is 430 g/mol. The molecule has 0 aliphatic rings. The Labute approximate surface area is 170 Å². The largest absolute Gasteiger partial charge is 0.495 e. The summed E-state index contributed by atoms with van der Waals surface area (Å²) in [4.78, 5) is 15.8. The number of nitrogens with zero attached hydrogens (tertiary/aromatic N) is 1. The minimum absolute atomic E-state index is 0.123. The number of anilines is 1. The van der Waals surface area contributed by atoms with E-state index in [0.29, 0.717) is 13.2 Å². The van der Waals surface area contributed by atoms with Crippen molar-refractivity contribution in [2.24, 2.45) is 0 Å². The van der Waals surface area contributed by atoms with Crippen LogP contribution in [0, 0.1) is 0 Å². The first-order chi connectivity index (χ1) is 13.4. The van der Waals surface area contributed by atoms with Crippen LogP contribution in [0.4, 0.5) is 5.69 Å². The van der Waals surface area contributed by atoms with Crippen molar-refractivity contribution >= 4 is 33.2 Å². The molecule has 0 atom stereocenters. The molecule has 0 spiro atoms. The zero-order chi connectivity index (χ0) is 21.2. The topological polar surface area (TPSA) is 107 Å². The molecule has 2 N–H and O–H groups in total. The van der Waals surface area contributed by atoms with Gasteiger partial charge in [0.15, 0.2) is 0 Å². The molecule has 154 valence electrons. The van der Waals surface area contributed by atoms with Crippen LogP contribution in [0.3, 0.4) is 0 Å². The number of nitrogens with one attached hydrogen (secondary N) is 2. The molecule has 1 aromatic carbocycles. The highest BCUT2D eigenvalue weighted by Crippen LogP contribution is 2.28. The van der Waals surface area contributed by atoms with Crippen LogP contribution in [0.25, 0.3) is 0 Å². The standard InChI is InChI=1S/C16H18ClN3O5S.C2H6/c1-24-6-5-19-16(21)11-7-13(10-18-9-11)20-26(22,23)15-8-12(17)3-4-14(15)25-2;1-2/h3-4,7-10,20H,5-6H2,1-2H3,(H,19,21);1-2H3. The molecule has 0 saturated heterocycles. The number of hydrogen-bond acceptors (Lipinski definition) is 6. The summed E-state index contributed by atoms with van der Waals surface area (Å²) in [5, 5.41) is 2.87. The normalized spacial score (nSPS) is 10.5. The molecular weight excluding hydrogens is 406 g/mol. The van der Waals surface area contributed by atoms with Crippen molar-refractivity contribution in [1.82, 2.24) is 10.3 Å². The summed E-state index contributed by atoms with van der Waals surface area (Å²) in [6.45, 7) is 4.69. The second kappa shape index (κ2) is 11.5. The van der Waals surface area contributed by atoms with Crippen molar-refractivity contribution in [2.45, 2.75) is 18.7 Å². The highest BCUT2D eigenvalue weighted by Gasteiger charge is 2.21. The van der Waals surface area contributed by atoms with Crippen LogP contribution in [0.2, 0.25) is 5.02 Å². The summed E-state index contributed by atoms with van der Waals surface area (Å²) in [5.41, 5.74) is 0.339. The molecular formula is C18H24ClN3O5S. The van der Waals surface area contributed by atoms with Gasteiger partial charge in [0.2, 0.25) is 0 Å². The number of aromatic nitrogens is 1. The summed E-state index contributed by atoms with van der Waals surface area (Å²) in [6, 6.07) is 5.63. The molecule has 8 nitrogen and oxygen atoms in total. The third-order valence-corrected chi connectivity index (χ3v) is 4.90. The van der Waals surface area contributed by atoms with Gasteiger partial charge in [-0.15, -0.1) is 0 Å². The maximum Gasteiger partial charge on any atom is 0.265 e. The number of rotatable bonds is 8.